The van der Waals surface area contributed by atoms with Gasteiger partial charge in [-0.1, -0.05) is 119 Å². The van der Waals surface area contributed by atoms with Crippen molar-refractivity contribution in [3.8, 4) is 16.9 Å². The Balaban J connectivity index is 1.24. The highest BCUT2D eigenvalue weighted by Crippen LogP contribution is 2.38. The molecule has 4 rings (SSSR count). The number of benzene rings is 3. The van der Waals surface area contributed by atoms with Crippen LogP contribution in [0.3, 0.4) is 0 Å². The summed E-state index contributed by atoms with van der Waals surface area (Å²) in [5, 5.41) is 0. The zero-order chi connectivity index (χ0) is 28.0. The first-order valence-corrected chi connectivity index (χ1v) is 16.1. The molecule has 0 aliphatic heterocycles. The Morgan fingerprint density at radius 3 is 2.05 bits per heavy atom. The molecular weight excluding hydrogens is 488 g/mol. The Hall–Kier alpha value is -2.87. The first-order valence-electron chi connectivity index (χ1n) is 16.1. The number of hydrogen-bond donors (Lipinski definition) is 0. The minimum atomic E-state index is -0.0618. The van der Waals surface area contributed by atoms with Gasteiger partial charge in [0.15, 0.2) is 0 Å². The quantitative estimate of drug-likeness (QED) is 0.109. The zero-order valence-corrected chi connectivity index (χ0v) is 25.0. The fraction of sp³-hybridized carbons (Fsp3) is 0.500. The van der Waals surface area contributed by atoms with Crippen LogP contribution in [0.2, 0.25) is 0 Å². The van der Waals surface area contributed by atoms with Gasteiger partial charge in [-0.05, 0) is 97.6 Å². The average Bonchev–Trinajstić information content (AvgIpc) is 3.00. The lowest BCUT2D eigenvalue weighted by molar-refractivity contribution is -0.139. The van der Waals surface area contributed by atoms with Gasteiger partial charge in [-0.3, -0.25) is 4.79 Å². The highest BCUT2D eigenvalue weighted by atomic mass is 16.5. The monoisotopic (exact) mass is 538 g/mol. The van der Waals surface area contributed by atoms with Crippen molar-refractivity contribution in [3.05, 3.63) is 90.0 Å². The Kier molecular flexibility index (Phi) is 12.3. The van der Waals surface area contributed by atoms with E-state index in [1.807, 2.05) is 18.2 Å². The third kappa shape index (κ3) is 9.36. The van der Waals surface area contributed by atoms with Crippen molar-refractivity contribution in [1.82, 2.24) is 0 Å². The molecule has 40 heavy (non-hydrogen) atoms. The van der Waals surface area contributed by atoms with Gasteiger partial charge < -0.3 is 4.74 Å². The Morgan fingerprint density at radius 2 is 1.38 bits per heavy atom. The molecule has 0 bridgehead atoms. The summed E-state index contributed by atoms with van der Waals surface area (Å²) in [5.41, 5.74) is 5.23. The first-order chi connectivity index (χ1) is 19.7. The van der Waals surface area contributed by atoms with Gasteiger partial charge in [-0.15, -0.1) is 0 Å². The SMILES string of the molecule is CCCCC[C@H]1CC[C@H](c2ccc(OC(=O)C(CCCC)CCCc3ccc(-c4ccccc4)cc3)cc2)CC1. The predicted molar refractivity (Wildman–Crippen MR) is 169 cm³/mol. The van der Waals surface area contributed by atoms with Crippen molar-refractivity contribution in [1.29, 1.82) is 0 Å². The maximum absolute atomic E-state index is 13.2. The summed E-state index contributed by atoms with van der Waals surface area (Å²) < 4.78 is 5.92. The van der Waals surface area contributed by atoms with Crippen molar-refractivity contribution in [2.24, 2.45) is 11.8 Å². The third-order valence-corrected chi connectivity index (χ3v) is 8.95. The first kappa shape index (κ1) is 30.1. The van der Waals surface area contributed by atoms with Gasteiger partial charge in [-0.2, -0.15) is 0 Å². The normalized spacial score (nSPS) is 17.9. The summed E-state index contributed by atoms with van der Waals surface area (Å²) in [6.45, 7) is 4.48. The summed E-state index contributed by atoms with van der Waals surface area (Å²) in [4.78, 5) is 13.2. The molecule has 1 saturated carbocycles. The van der Waals surface area contributed by atoms with Crippen molar-refractivity contribution < 1.29 is 9.53 Å². The van der Waals surface area contributed by atoms with E-state index in [4.69, 9.17) is 4.74 Å². The summed E-state index contributed by atoms with van der Waals surface area (Å²) in [7, 11) is 0. The van der Waals surface area contributed by atoms with Crippen molar-refractivity contribution >= 4 is 5.97 Å². The van der Waals surface area contributed by atoms with Crippen LogP contribution in [0.15, 0.2) is 78.9 Å². The standard InChI is InChI=1S/C38H50O2/c1-3-5-8-12-30-18-24-34(25-19-30)35-26-28-37(29-27-35)40-38(39)36(14-6-4-2)17-11-13-31-20-22-33(23-21-31)32-15-9-7-10-16-32/h7,9-10,15-16,20-23,26-30,34,36H,3-6,8,11-14,17-19,24-25H2,1-2H3/t30-,34-,36?. The van der Waals surface area contributed by atoms with E-state index in [9.17, 15) is 4.79 Å². The lowest BCUT2D eigenvalue weighted by Gasteiger charge is -2.29. The number of carbonyl (C=O) groups is 1. The second kappa shape index (κ2) is 16.4. The average molecular weight is 539 g/mol. The molecule has 1 atom stereocenters. The molecule has 0 saturated heterocycles. The number of aryl methyl sites for hydroxylation is 1. The molecule has 214 valence electrons. The molecule has 2 heteroatoms. The molecule has 3 aromatic carbocycles. The van der Waals surface area contributed by atoms with Crippen LogP contribution in [-0.4, -0.2) is 5.97 Å². The van der Waals surface area contributed by atoms with Gasteiger partial charge in [0, 0.05) is 0 Å². The number of esters is 1. The number of rotatable bonds is 15. The van der Waals surface area contributed by atoms with Gasteiger partial charge in [0.25, 0.3) is 0 Å². The Bertz CT molecular complexity index is 1110. The highest BCUT2D eigenvalue weighted by molar-refractivity contribution is 5.75. The lowest BCUT2D eigenvalue weighted by Crippen LogP contribution is -2.21. The van der Waals surface area contributed by atoms with E-state index in [-0.39, 0.29) is 11.9 Å². The Labute approximate surface area is 243 Å². The molecule has 0 amide bonds. The molecule has 0 N–H and O–H groups in total. The van der Waals surface area contributed by atoms with Crippen LogP contribution in [0.1, 0.15) is 114 Å². The van der Waals surface area contributed by atoms with Crippen LogP contribution in [-0.2, 0) is 11.2 Å². The van der Waals surface area contributed by atoms with Crippen LogP contribution in [0.4, 0.5) is 0 Å². The van der Waals surface area contributed by atoms with Gasteiger partial charge >= 0.3 is 5.97 Å². The maximum atomic E-state index is 13.2. The number of ether oxygens (including phenoxy) is 1. The topological polar surface area (TPSA) is 26.3 Å². The van der Waals surface area contributed by atoms with E-state index in [0.29, 0.717) is 11.7 Å². The number of carbonyl (C=O) groups excluding carboxylic acids is 1. The molecule has 2 nitrogen and oxygen atoms in total. The van der Waals surface area contributed by atoms with Crippen LogP contribution >= 0.6 is 0 Å². The predicted octanol–water partition coefficient (Wildman–Crippen LogP) is 10.9. The number of unbranched alkanes of at least 4 members (excludes halogenated alkanes) is 3. The minimum Gasteiger partial charge on any atom is -0.426 e. The molecule has 1 aliphatic carbocycles. The van der Waals surface area contributed by atoms with Crippen molar-refractivity contribution in [2.75, 3.05) is 0 Å². The summed E-state index contributed by atoms with van der Waals surface area (Å²) in [5.74, 6) is 2.18. The largest absolute Gasteiger partial charge is 0.426 e. The molecule has 0 radical (unpaired) electrons. The zero-order valence-electron chi connectivity index (χ0n) is 25.0. The minimum absolute atomic E-state index is 0.0359. The molecule has 0 heterocycles. The molecule has 1 fully saturated rings. The van der Waals surface area contributed by atoms with E-state index in [2.05, 4.69) is 74.5 Å². The van der Waals surface area contributed by atoms with Gasteiger partial charge in [0.2, 0.25) is 0 Å². The van der Waals surface area contributed by atoms with E-state index >= 15 is 0 Å². The smallest absolute Gasteiger partial charge is 0.314 e. The second-order valence-electron chi connectivity index (χ2n) is 12.0. The maximum Gasteiger partial charge on any atom is 0.314 e. The molecule has 1 unspecified atom stereocenters. The van der Waals surface area contributed by atoms with E-state index in [0.717, 1.165) is 44.4 Å². The lowest BCUT2D eigenvalue weighted by atomic mass is 9.77. The molecule has 1 aliphatic rings. The van der Waals surface area contributed by atoms with Crippen LogP contribution in [0, 0.1) is 11.8 Å². The van der Waals surface area contributed by atoms with Crippen molar-refractivity contribution in [3.63, 3.8) is 0 Å². The highest BCUT2D eigenvalue weighted by Gasteiger charge is 2.23. The van der Waals surface area contributed by atoms with Gasteiger partial charge in [0.05, 0.1) is 5.92 Å². The van der Waals surface area contributed by atoms with E-state index in [1.165, 1.54) is 73.6 Å². The van der Waals surface area contributed by atoms with Crippen LogP contribution < -0.4 is 4.74 Å². The van der Waals surface area contributed by atoms with Crippen molar-refractivity contribution in [2.45, 2.75) is 110 Å². The number of hydrogen-bond acceptors (Lipinski definition) is 2. The molecule has 3 aromatic rings. The summed E-state index contributed by atoms with van der Waals surface area (Å²) in [6.07, 6.45) is 16.7. The second-order valence-corrected chi connectivity index (χ2v) is 12.0. The van der Waals surface area contributed by atoms with E-state index in [1.54, 1.807) is 0 Å². The van der Waals surface area contributed by atoms with Gasteiger partial charge in [0.1, 0.15) is 5.75 Å². The molecule has 0 aromatic heterocycles. The fourth-order valence-electron chi connectivity index (χ4n) is 6.35. The summed E-state index contributed by atoms with van der Waals surface area (Å²) >= 11 is 0. The van der Waals surface area contributed by atoms with Crippen LogP contribution in [0.25, 0.3) is 11.1 Å². The third-order valence-electron chi connectivity index (χ3n) is 8.95. The fourth-order valence-corrected chi connectivity index (χ4v) is 6.35. The van der Waals surface area contributed by atoms with Gasteiger partial charge in [-0.25, -0.2) is 0 Å². The van der Waals surface area contributed by atoms with E-state index < -0.39 is 0 Å². The summed E-state index contributed by atoms with van der Waals surface area (Å²) in [6, 6.07) is 27.8. The van der Waals surface area contributed by atoms with Crippen LogP contribution in [0.5, 0.6) is 5.75 Å². The Morgan fingerprint density at radius 1 is 0.725 bits per heavy atom. The molecular formula is C38H50O2. The molecule has 0 spiro atoms.